The van der Waals surface area contributed by atoms with Gasteiger partial charge in [-0.2, -0.15) is 0 Å². The number of carbonyl (C=O) groups is 2. The Balaban J connectivity index is 1.57. The molecule has 0 unspecified atom stereocenters. The number of amides is 1. The van der Waals surface area contributed by atoms with Crippen LogP contribution in [0, 0.1) is 17.7 Å². The van der Waals surface area contributed by atoms with Crippen molar-refractivity contribution in [1.82, 2.24) is 9.80 Å². The minimum atomic E-state index is -0.818. The fourth-order valence-electron chi connectivity index (χ4n) is 3.71. The van der Waals surface area contributed by atoms with E-state index in [1.54, 1.807) is 11.0 Å². The summed E-state index contributed by atoms with van der Waals surface area (Å²) < 4.78 is 13.3. The second-order valence-corrected chi connectivity index (χ2v) is 6.81. The Morgan fingerprint density at radius 2 is 2.00 bits per heavy atom. The van der Waals surface area contributed by atoms with Crippen LogP contribution in [0.1, 0.15) is 24.8 Å². The van der Waals surface area contributed by atoms with E-state index in [9.17, 15) is 14.0 Å². The molecule has 0 aliphatic carbocycles. The lowest BCUT2D eigenvalue weighted by atomic mass is 9.96. The molecular weight excluding hydrogens is 311 g/mol. The van der Waals surface area contributed by atoms with E-state index < -0.39 is 11.9 Å². The van der Waals surface area contributed by atoms with E-state index in [1.807, 2.05) is 6.07 Å². The lowest BCUT2D eigenvalue weighted by molar-refractivity contribution is -0.142. The normalized spacial score (nSPS) is 25.0. The quantitative estimate of drug-likeness (QED) is 0.914. The summed E-state index contributed by atoms with van der Waals surface area (Å²) in [6.07, 6.45) is 2.31. The van der Waals surface area contributed by atoms with Gasteiger partial charge in [0.2, 0.25) is 5.91 Å². The van der Waals surface area contributed by atoms with Crippen LogP contribution in [0.3, 0.4) is 0 Å². The number of rotatable bonds is 4. The zero-order chi connectivity index (χ0) is 17.1. The number of benzene rings is 1. The van der Waals surface area contributed by atoms with Gasteiger partial charge >= 0.3 is 5.97 Å². The molecule has 2 aliphatic rings. The van der Waals surface area contributed by atoms with Crippen LogP contribution in [0.4, 0.5) is 4.39 Å². The van der Waals surface area contributed by atoms with Gasteiger partial charge < -0.3 is 10.0 Å². The number of piperidine rings is 1. The first kappa shape index (κ1) is 16.9. The van der Waals surface area contributed by atoms with E-state index >= 15 is 0 Å². The average Bonchev–Trinajstić information content (AvgIpc) is 3.05. The molecule has 2 atom stereocenters. The largest absolute Gasteiger partial charge is 0.481 e. The highest BCUT2D eigenvalue weighted by atomic mass is 19.1. The summed E-state index contributed by atoms with van der Waals surface area (Å²) in [7, 11) is 0. The summed E-state index contributed by atoms with van der Waals surface area (Å²) in [6, 6.07) is 6.56. The highest BCUT2D eigenvalue weighted by Crippen LogP contribution is 2.24. The fraction of sp³-hybridized carbons (Fsp3) is 0.556. The van der Waals surface area contributed by atoms with Crippen molar-refractivity contribution in [2.24, 2.45) is 11.8 Å². The molecular formula is C18H23FN2O3. The summed E-state index contributed by atoms with van der Waals surface area (Å²) in [4.78, 5) is 27.6. The molecule has 24 heavy (non-hydrogen) atoms. The minimum Gasteiger partial charge on any atom is -0.481 e. The van der Waals surface area contributed by atoms with E-state index in [-0.39, 0.29) is 17.6 Å². The van der Waals surface area contributed by atoms with Gasteiger partial charge in [-0.3, -0.25) is 14.5 Å². The molecule has 1 amide bonds. The van der Waals surface area contributed by atoms with Crippen LogP contribution in [0.15, 0.2) is 24.3 Å². The van der Waals surface area contributed by atoms with E-state index in [1.165, 1.54) is 12.1 Å². The summed E-state index contributed by atoms with van der Waals surface area (Å²) in [6.45, 7) is 3.06. The van der Waals surface area contributed by atoms with Gasteiger partial charge in [0.1, 0.15) is 5.82 Å². The van der Waals surface area contributed by atoms with Crippen molar-refractivity contribution in [3.63, 3.8) is 0 Å². The molecule has 2 heterocycles. The topological polar surface area (TPSA) is 60.9 Å². The Kier molecular flexibility index (Phi) is 5.14. The summed E-state index contributed by atoms with van der Waals surface area (Å²) in [5.41, 5.74) is 0.912. The highest BCUT2D eigenvalue weighted by molar-refractivity contribution is 5.81. The van der Waals surface area contributed by atoms with Gasteiger partial charge in [-0.25, -0.2) is 4.39 Å². The Labute approximate surface area is 141 Å². The maximum absolute atomic E-state index is 13.3. The van der Waals surface area contributed by atoms with Crippen LogP contribution >= 0.6 is 0 Å². The molecule has 0 aromatic heterocycles. The minimum absolute atomic E-state index is 0.0719. The highest BCUT2D eigenvalue weighted by Gasteiger charge is 2.35. The molecule has 6 heteroatoms. The fourth-order valence-corrected chi connectivity index (χ4v) is 3.71. The van der Waals surface area contributed by atoms with Gasteiger partial charge in [0.15, 0.2) is 0 Å². The zero-order valence-corrected chi connectivity index (χ0v) is 13.7. The Bertz CT molecular complexity index is 622. The number of hydrogen-bond donors (Lipinski definition) is 1. The van der Waals surface area contributed by atoms with Crippen LogP contribution in [-0.2, 0) is 16.1 Å². The Morgan fingerprint density at radius 1 is 1.17 bits per heavy atom. The average molecular weight is 334 g/mol. The predicted octanol–water partition coefficient (Wildman–Crippen LogP) is 1.97. The number of carboxylic acids is 1. The summed E-state index contributed by atoms with van der Waals surface area (Å²) >= 11 is 0. The maximum Gasteiger partial charge on any atom is 0.308 e. The van der Waals surface area contributed by atoms with Crippen LogP contribution in [0.5, 0.6) is 0 Å². The van der Waals surface area contributed by atoms with Crippen molar-refractivity contribution in [3.8, 4) is 0 Å². The van der Waals surface area contributed by atoms with E-state index in [4.69, 9.17) is 5.11 Å². The molecule has 0 spiro atoms. The zero-order valence-electron chi connectivity index (χ0n) is 13.7. The summed E-state index contributed by atoms with van der Waals surface area (Å²) in [5, 5.41) is 9.07. The van der Waals surface area contributed by atoms with E-state index in [0.717, 1.165) is 24.9 Å². The number of nitrogens with zero attached hydrogens (tertiary/aromatic N) is 2. The molecule has 2 aliphatic heterocycles. The molecule has 130 valence electrons. The van der Waals surface area contributed by atoms with E-state index in [0.29, 0.717) is 32.6 Å². The number of likely N-dealkylation sites (tertiary alicyclic amines) is 2. The van der Waals surface area contributed by atoms with Crippen molar-refractivity contribution < 1.29 is 19.1 Å². The molecule has 2 saturated heterocycles. The number of carbonyl (C=O) groups excluding carboxylic acids is 1. The first-order valence-corrected chi connectivity index (χ1v) is 8.51. The Morgan fingerprint density at radius 3 is 2.71 bits per heavy atom. The van der Waals surface area contributed by atoms with Gasteiger partial charge in [-0.15, -0.1) is 0 Å². The molecule has 2 fully saturated rings. The van der Waals surface area contributed by atoms with Crippen molar-refractivity contribution in [2.45, 2.75) is 25.8 Å². The summed E-state index contributed by atoms with van der Waals surface area (Å²) in [5.74, 6) is -1.50. The number of hydrogen-bond acceptors (Lipinski definition) is 3. The number of carboxylic acid groups (broad SMARTS) is 1. The third-order valence-electron chi connectivity index (χ3n) is 5.00. The maximum atomic E-state index is 13.3. The number of halogens is 1. The smallest absolute Gasteiger partial charge is 0.308 e. The molecule has 0 radical (unpaired) electrons. The molecule has 3 rings (SSSR count). The van der Waals surface area contributed by atoms with Crippen LogP contribution in [0.2, 0.25) is 0 Å². The SMILES string of the molecule is O=C(O)[C@@H]1CCN(C(=O)[C@@H]2CCCN(Cc3cccc(F)c3)C2)C1. The Hall–Kier alpha value is -1.95. The van der Waals surface area contributed by atoms with Crippen LogP contribution in [-0.4, -0.2) is 53.0 Å². The van der Waals surface area contributed by atoms with Crippen molar-refractivity contribution in [2.75, 3.05) is 26.2 Å². The molecule has 5 nitrogen and oxygen atoms in total. The van der Waals surface area contributed by atoms with Gasteiger partial charge in [0.25, 0.3) is 0 Å². The van der Waals surface area contributed by atoms with Crippen molar-refractivity contribution >= 4 is 11.9 Å². The third kappa shape index (κ3) is 3.93. The van der Waals surface area contributed by atoms with Crippen LogP contribution < -0.4 is 0 Å². The van der Waals surface area contributed by atoms with Crippen molar-refractivity contribution in [1.29, 1.82) is 0 Å². The number of aliphatic carboxylic acids is 1. The first-order chi connectivity index (χ1) is 11.5. The molecule has 1 aromatic carbocycles. The molecule has 0 bridgehead atoms. The predicted molar refractivity (Wildman–Crippen MR) is 86.7 cm³/mol. The third-order valence-corrected chi connectivity index (χ3v) is 5.00. The second kappa shape index (κ2) is 7.30. The molecule has 1 aromatic rings. The second-order valence-electron chi connectivity index (χ2n) is 6.81. The molecule has 1 N–H and O–H groups in total. The van der Waals surface area contributed by atoms with Gasteiger partial charge in [-0.05, 0) is 43.5 Å². The van der Waals surface area contributed by atoms with Crippen molar-refractivity contribution in [3.05, 3.63) is 35.6 Å². The monoisotopic (exact) mass is 334 g/mol. The lowest BCUT2D eigenvalue weighted by Crippen LogP contribution is -2.44. The van der Waals surface area contributed by atoms with Gasteiger partial charge in [-0.1, -0.05) is 12.1 Å². The van der Waals surface area contributed by atoms with E-state index in [2.05, 4.69) is 4.90 Å². The van der Waals surface area contributed by atoms with Gasteiger partial charge in [0.05, 0.1) is 11.8 Å². The first-order valence-electron chi connectivity index (χ1n) is 8.51. The van der Waals surface area contributed by atoms with Gasteiger partial charge in [0, 0.05) is 26.2 Å². The standard InChI is InChI=1S/C18H23FN2O3/c19-16-5-1-3-13(9-16)10-20-7-2-4-14(11-20)17(22)21-8-6-15(12-21)18(23)24/h1,3,5,9,14-15H,2,4,6-8,10-12H2,(H,23,24)/t14-,15-/m1/s1. The lowest BCUT2D eigenvalue weighted by Gasteiger charge is -2.34. The van der Waals surface area contributed by atoms with Crippen LogP contribution in [0.25, 0.3) is 0 Å². The molecule has 0 saturated carbocycles.